The molecule has 0 saturated carbocycles. The summed E-state index contributed by atoms with van der Waals surface area (Å²) >= 11 is 6.28. The summed E-state index contributed by atoms with van der Waals surface area (Å²) in [6.07, 6.45) is 0. The fourth-order valence-electron chi connectivity index (χ4n) is 3.16. The Labute approximate surface area is 159 Å². The second-order valence-electron chi connectivity index (χ2n) is 6.21. The number of halogens is 1. The van der Waals surface area contributed by atoms with E-state index < -0.39 is 0 Å². The van der Waals surface area contributed by atoms with Gasteiger partial charge in [0.2, 0.25) is 0 Å². The maximum Gasteiger partial charge on any atom is 0.176 e. The molecule has 3 rings (SSSR count). The van der Waals surface area contributed by atoms with E-state index in [9.17, 15) is 4.79 Å². The second kappa shape index (κ2) is 8.43. The molecule has 6 heteroatoms. The molecule has 0 radical (unpaired) electrons. The molecule has 1 heterocycles. The maximum absolute atomic E-state index is 12.6. The number of carbonyl (C=O) groups excluding carboxylic acids is 1. The molecular weight excluding hydrogens is 352 g/mol. The highest BCUT2D eigenvalue weighted by Crippen LogP contribution is 2.28. The van der Waals surface area contributed by atoms with E-state index in [2.05, 4.69) is 9.80 Å². The van der Waals surface area contributed by atoms with Gasteiger partial charge < -0.3 is 14.4 Å². The number of ketones is 1. The number of nitrogens with zero attached hydrogens (tertiary/aromatic N) is 2. The Bertz CT molecular complexity index is 773. The molecule has 0 spiro atoms. The van der Waals surface area contributed by atoms with Gasteiger partial charge >= 0.3 is 0 Å². The monoisotopic (exact) mass is 374 g/mol. The van der Waals surface area contributed by atoms with Gasteiger partial charge in [-0.15, -0.1) is 0 Å². The van der Waals surface area contributed by atoms with Gasteiger partial charge in [0.05, 0.1) is 31.5 Å². The van der Waals surface area contributed by atoms with Gasteiger partial charge in [-0.05, 0) is 30.3 Å². The first-order valence-electron chi connectivity index (χ1n) is 8.59. The van der Waals surface area contributed by atoms with Crippen LogP contribution in [0.2, 0.25) is 5.02 Å². The predicted octanol–water partition coefficient (Wildman–Crippen LogP) is 3.36. The fourth-order valence-corrected chi connectivity index (χ4v) is 3.41. The Morgan fingerprint density at radius 1 is 1.00 bits per heavy atom. The quantitative estimate of drug-likeness (QED) is 0.725. The third-order valence-electron chi connectivity index (χ3n) is 4.64. The first kappa shape index (κ1) is 18.5. The summed E-state index contributed by atoms with van der Waals surface area (Å²) in [7, 11) is 3.15. The molecule has 1 saturated heterocycles. The van der Waals surface area contributed by atoms with E-state index in [0.29, 0.717) is 23.6 Å². The smallest absolute Gasteiger partial charge is 0.176 e. The lowest BCUT2D eigenvalue weighted by Crippen LogP contribution is -2.48. The number of hydrogen-bond donors (Lipinski definition) is 0. The second-order valence-corrected chi connectivity index (χ2v) is 6.61. The molecule has 2 aromatic carbocycles. The first-order valence-corrected chi connectivity index (χ1v) is 8.97. The highest BCUT2D eigenvalue weighted by Gasteiger charge is 2.21. The third-order valence-corrected chi connectivity index (χ3v) is 4.96. The van der Waals surface area contributed by atoms with Crippen molar-refractivity contribution in [2.24, 2.45) is 0 Å². The molecule has 26 heavy (non-hydrogen) atoms. The van der Waals surface area contributed by atoms with Crippen LogP contribution in [0.5, 0.6) is 11.5 Å². The fraction of sp³-hybridized carbons (Fsp3) is 0.350. The third kappa shape index (κ3) is 4.11. The zero-order valence-corrected chi connectivity index (χ0v) is 15.8. The average Bonchev–Trinajstić information content (AvgIpc) is 2.68. The van der Waals surface area contributed by atoms with Crippen molar-refractivity contribution in [1.82, 2.24) is 4.90 Å². The Kier molecular flexibility index (Phi) is 6.01. The summed E-state index contributed by atoms with van der Waals surface area (Å²) in [6.45, 7) is 3.74. The molecule has 2 aromatic rings. The van der Waals surface area contributed by atoms with Crippen LogP contribution in [0.25, 0.3) is 0 Å². The molecule has 1 fully saturated rings. The number of ether oxygens (including phenoxy) is 2. The van der Waals surface area contributed by atoms with Crippen molar-refractivity contribution in [3.8, 4) is 11.5 Å². The molecular formula is C20H23ClN2O3. The van der Waals surface area contributed by atoms with Gasteiger partial charge in [0.15, 0.2) is 17.3 Å². The molecule has 0 aliphatic carbocycles. The van der Waals surface area contributed by atoms with Crippen LogP contribution in [-0.4, -0.2) is 57.6 Å². The van der Waals surface area contributed by atoms with Gasteiger partial charge in [0.1, 0.15) is 0 Å². The predicted molar refractivity (Wildman–Crippen MR) is 104 cm³/mol. The Morgan fingerprint density at radius 3 is 2.35 bits per heavy atom. The Hall–Kier alpha value is -2.24. The maximum atomic E-state index is 12.6. The van der Waals surface area contributed by atoms with E-state index in [4.69, 9.17) is 21.1 Å². The summed E-state index contributed by atoms with van der Waals surface area (Å²) in [4.78, 5) is 17.1. The van der Waals surface area contributed by atoms with Crippen molar-refractivity contribution < 1.29 is 14.3 Å². The molecule has 0 N–H and O–H groups in total. The molecule has 0 unspecified atom stereocenters. The van der Waals surface area contributed by atoms with Crippen LogP contribution < -0.4 is 14.4 Å². The van der Waals surface area contributed by atoms with Crippen molar-refractivity contribution in [1.29, 1.82) is 0 Å². The molecule has 0 aromatic heterocycles. The Morgan fingerprint density at radius 2 is 1.69 bits per heavy atom. The van der Waals surface area contributed by atoms with Crippen molar-refractivity contribution in [2.75, 3.05) is 51.8 Å². The SMILES string of the molecule is COc1ccc(C(=O)CN2CCN(c3ccccc3Cl)CC2)cc1OC. The molecule has 0 amide bonds. The van der Waals surface area contributed by atoms with Crippen LogP contribution in [0.15, 0.2) is 42.5 Å². The lowest BCUT2D eigenvalue weighted by molar-refractivity contribution is 0.0926. The molecule has 1 aliphatic heterocycles. The van der Waals surface area contributed by atoms with Gasteiger partial charge in [0.25, 0.3) is 0 Å². The average molecular weight is 375 g/mol. The highest BCUT2D eigenvalue weighted by molar-refractivity contribution is 6.33. The van der Waals surface area contributed by atoms with Crippen LogP contribution in [0, 0.1) is 0 Å². The van der Waals surface area contributed by atoms with Gasteiger partial charge in [-0.25, -0.2) is 0 Å². The van der Waals surface area contributed by atoms with Crippen LogP contribution in [0.3, 0.4) is 0 Å². The van der Waals surface area contributed by atoms with Gasteiger partial charge in [0, 0.05) is 31.7 Å². The largest absolute Gasteiger partial charge is 0.493 e. The number of anilines is 1. The van der Waals surface area contributed by atoms with Crippen molar-refractivity contribution in [2.45, 2.75) is 0 Å². The minimum absolute atomic E-state index is 0.0807. The number of carbonyl (C=O) groups is 1. The molecule has 0 bridgehead atoms. The number of benzene rings is 2. The summed E-state index contributed by atoms with van der Waals surface area (Å²) in [5.74, 6) is 1.27. The Balaban J connectivity index is 1.59. The molecule has 138 valence electrons. The molecule has 0 atom stereocenters. The van der Waals surface area contributed by atoms with Crippen LogP contribution in [-0.2, 0) is 0 Å². The lowest BCUT2D eigenvalue weighted by Gasteiger charge is -2.36. The van der Waals surface area contributed by atoms with E-state index >= 15 is 0 Å². The number of piperazine rings is 1. The van der Waals surface area contributed by atoms with Gasteiger partial charge in [-0.3, -0.25) is 9.69 Å². The number of hydrogen-bond acceptors (Lipinski definition) is 5. The summed E-state index contributed by atoms with van der Waals surface area (Å²) in [6, 6.07) is 13.2. The topological polar surface area (TPSA) is 42.0 Å². The van der Waals surface area contributed by atoms with Crippen molar-refractivity contribution in [3.63, 3.8) is 0 Å². The number of methoxy groups -OCH3 is 2. The van der Waals surface area contributed by atoms with Crippen LogP contribution in [0.4, 0.5) is 5.69 Å². The van der Waals surface area contributed by atoms with Gasteiger partial charge in [-0.2, -0.15) is 0 Å². The standard InChI is InChI=1S/C20H23ClN2O3/c1-25-19-8-7-15(13-20(19)26-2)18(24)14-22-9-11-23(12-10-22)17-6-4-3-5-16(17)21/h3-8,13H,9-12,14H2,1-2H3. The summed E-state index contributed by atoms with van der Waals surface area (Å²) < 4.78 is 10.5. The van der Waals surface area contributed by atoms with Gasteiger partial charge in [-0.1, -0.05) is 23.7 Å². The minimum Gasteiger partial charge on any atom is -0.493 e. The normalized spacial score (nSPS) is 15.0. The lowest BCUT2D eigenvalue weighted by atomic mass is 10.1. The zero-order valence-electron chi connectivity index (χ0n) is 15.1. The molecule has 5 nitrogen and oxygen atoms in total. The minimum atomic E-state index is 0.0807. The van der Waals surface area contributed by atoms with Crippen LogP contribution >= 0.6 is 11.6 Å². The van der Waals surface area contributed by atoms with Crippen molar-refractivity contribution >= 4 is 23.1 Å². The van der Waals surface area contributed by atoms with E-state index in [1.165, 1.54) is 0 Å². The number of para-hydroxylation sites is 1. The highest BCUT2D eigenvalue weighted by atomic mass is 35.5. The summed E-state index contributed by atoms with van der Waals surface area (Å²) in [5.41, 5.74) is 1.69. The molecule has 1 aliphatic rings. The zero-order chi connectivity index (χ0) is 18.5. The van der Waals surface area contributed by atoms with E-state index in [0.717, 1.165) is 36.9 Å². The first-order chi connectivity index (χ1) is 12.6. The van der Waals surface area contributed by atoms with E-state index in [1.807, 2.05) is 24.3 Å². The van der Waals surface area contributed by atoms with E-state index in [-0.39, 0.29) is 5.78 Å². The van der Waals surface area contributed by atoms with Crippen molar-refractivity contribution in [3.05, 3.63) is 53.1 Å². The number of rotatable bonds is 6. The van der Waals surface area contributed by atoms with Crippen LogP contribution in [0.1, 0.15) is 10.4 Å². The summed E-state index contributed by atoms with van der Waals surface area (Å²) in [5, 5.41) is 0.766. The number of Topliss-reactive ketones (excluding diaryl/α,β-unsaturated/α-hetero) is 1. The van der Waals surface area contributed by atoms with E-state index in [1.54, 1.807) is 32.4 Å².